The van der Waals surface area contributed by atoms with E-state index in [9.17, 15) is 4.79 Å². The van der Waals surface area contributed by atoms with Crippen LogP contribution in [0.2, 0.25) is 0 Å². The molecule has 3 aromatic rings. The van der Waals surface area contributed by atoms with E-state index in [4.69, 9.17) is 9.15 Å². The standard InChI is InChI=1S/C23H24N2O3/c26-23(25-22-12-4-8-18-7-1-2-11-21(18)22)24-19-9-3-6-17(14-19)15-27-16-20-10-5-13-28-20/h1-3,5-7,9-11,13-14,22H,4,8,12,15-16H2,(H2,24,25,26). The molecule has 2 N–H and O–H groups in total. The number of hydrogen-bond acceptors (Lipinski definition) is 3. The van der Waals surface area contributed by atoms with Crippen LogP contribution in [-0.4, -0.2) is 6.03 Å². The Labute approximate surface area is 164 Å². The number of carbonyl (C=O) groups excluding carboxylic acids is 1. The number of hydrogen-bond donors (Lipinski definition) is 2. The van der Waals surface area contributed by atoms with E-state index in [0.717, 1.165) is 36.3 Å². The van der Waals surface area contributed by atoms with Crippen LogP contribution in [0.5, 0.6) is 0 Å². The molecular formula is C23H24N2O3. The highest BCUT2D eigenvalue weighted by Gasteiger charge is 2.21. The van der Waals surface area contributed by atoms with Gasteiger partial charge in [0.15, 0.2) is 0 Å². The van der Waals surface area contributed by atoms with Crippen molar-refractivity contribution in [2.45, 2.75) is 38.5 Å². The first-order chi connectivity index (χ1) is 13.8. The summed E-state index contributed by atoms with van der Waals surface area (Å²) in [6.07, 6.45) is 4.76. The molecule has 1 aliphatic carbocycles. The Kier molecular flexibility index (Phi) is 5.73. The Morgan fingerprint density at radius 1 is 1.07 bits per heavy atom. The molecule has 2 aromatic carbocycles. The fourth-order valence-corrected chi connectivity index (χ4v) is 3.63. The molecule has 28 heavy (non-hydrogen) atoms. The number of furan rings is 1. The SMILES string of the molecule is O=C(Nc1cccc(COCc2ccco2)c1)NC1CCCc2ccccc21. The molecule has 0 saturated heterocycles. The number of anilines is 1. The number of ether oxygens (including phenoxy) is 1. The van der Waals surface area contributed by atoms with Crippen LogP contribution in [0.1, 0.15) is 41.3 Å². The Bertz CT molecular complexity index is 921. The molecule has 1 heterocycles. The number of urea groups is 1. The lowest BCUT2D eigenvalue weighted by atomic mass is 9.88. The summed E-state index contributed by atoms with van der Waals surface area (Å²) in [7, 11) is 0. The normalized spacial score (nSPS) is 15.6. The molecule has 1 atom stereocenters. The van der Waals surface area contributed by atoms with Gasteiger partial charge in [0, 0.05) is 5.69 Å². The van der Waals surface area contributed by atoms with Gasteiger partial charge in [-0.05, 0) is 60.2 Å². The molecule has 1 aromatic heterocycles. The van der Waals surface area contributed by atoms with Crippen molar-refractivity contribution in [1.29, 1.82) is 0 Å². The van der Waals surface area contributed by atoms with Crippen LogP contribution in [0, 0.1) is 0 Å². The first-order valence-electron chi connectivity index (χ1n) is 9.62. The molecule has 4 rings (SSSR count). The highest BCUT2D eigenvalue weighted by atomic mass is 16.5. The smallest absolute Gasteiger partial charge is 0.319 e. The van der Waals surface area contributed by atoms with Crippen molar-refractivity contribution < 1.29 is 13.9 Å². The summed E-state index contributed by atoms with van der Waals surface area (Å²) in [5.41, 5.74) is 4.30. The molecule has 0 fully saturated rings. The summed E-state index contributed by atoms with van der Waals surface area (Å²) >= 11 is 0. The van der Waals surface area contributed by atoms with Crippen LogP contribution < -0.4 is 10.6 Å². The maximum atomic E-state index is 12.5. The van der Waals surface area contributed by atoms with E-state index in [-0.39, 0.29) is 12.1 Å². The highest BCUT2D eigenvalue weighted by Crippen LogP contribution is 2.29. The molecular weight excluding hydrogens is 352 g/mol. The topological polar surface area (TPSA) is 63.5 Å². The quantitative estimate of drug-likeness (QED) is 0.622. The second kappa shape index (κ2) is 8.76. The zero-order valence-corrected chi connectivity index (χ0v) is 15.7. The van der Waals surface area contributed by atoms with Crippen molar-refractivity contribution >= 4 is 11.7 Å². The zero-order valence-electron chi connectivity index (χ0n) is 15.7. The Hall–Kier alpha value is -3.05. The summed E-state index contributed by atoms with van der Waals surface area (Å²) in [4.78, 5) is 12.5. The summed E-state index contributed by atoms with van der Waals surface area (Å²) in [5.74, 6) is 0.793. The molecule has 144 valence electrons. The van der Waals surface area contributed by atoms with Gasteiger partial charge in [-0.2, -0.15) is 0 Å². The van der Waals surface area contributed by atoms with Crippen molar-refractivity contribution in [2.75, 3.05) is 5.32 Å². The summed E-state index contributed by atoms with van der Waals surface area (Å²) in [5, 5.41) is 6.05. The third-order valence-corrected chi connectivity index (χ3v) is 4.95. The summed E-state index contributed by atoms with van der Waals surface area (Å²) in [6.45, 7) is 0.875. The monoisotopic (exact) mass is 376 g/mol. The van der Waals surface area contributed by atoms with E-state index in [1.54, 1.807) is 6.26 Å². The minimum absolute atomic E-state index is 0.0600. The molecule has 0 aliphatic heterocycles. The van der Waals surface area contributed by atoms with Crippen molar-refractivity contribution in [3.05, 3.63) is 89.4 Å². The minimum atomic E-state index is -0.185. The fraction of sp³-hybridized carbons (Fsp3) is 0.261. The maximum Gasteiger partial charge on any atom is 0.319 e. The lowest BCUT2D eigenvalue weighted by Gasteiger charge is -2.26. The van der Waals surface area contributed by atoms with Crippen molar-refractivity contribution in [3.8, 4) is 0 Å². The third-order valence-electron chi connectivity index (χ3n) is 4.95. The molecule has 1 aliphatic rings. The average Bonchev–Trinajstić information content (AvgIpc) is 3.22. The molecule has 0 bridgehead atoms. The number of fused-ring (bicyclic) bond motifs is 1. The van der Waals surface area contributed by atoms with Crippen molar-refractivity contribution in [3.63, 3.8) is 0 Å². The third kappa shape index (κ3) is 4.61. The molecule has 2 amide bonds. The molecule has 0 saturated carbocycles. The first-order valence-corrected chi connectivity index (χ1v) is 9.62. The van der Waals surface area contributed by atoms with Crippen molar-refractivity contribution in [2.24, 2.45) is 0 Å². The van der Waals surface area contributed by atoms with Gasteiger partial charge < -0.3 is 19.8 Å². The van der Waals surface area contributed by atoms with Crippen molar-refractivity contribution in [1.82, 2.24) is 5.32 Å². The van der Waals surface area contributed by atoms with Crippen LogP contribution in [0.4, 0.5) is 10.5 Å². The first kappa shape index (κ1) is 18.3. The van der Waals surface area contributed by atoms with Gasteiger partial charge in [-0.1, -0.05) is 36.4 Å². The zero-order chi connectivity index (χ0) is 19.2. The van der Waals surface area contributed by atoms with E-state index in [0.29, 0.717) is 13.2 Å². The van der Waals surface area contributed by atoms with Crippen LogP contribution in [0.15, 0.2) is 71.3 Å². The largest absolute Gasteiger partial charge is 0.467 e. The van der Waals surface area contributed by atoms with Gasteiger partial charge in [0.2, 0.25) is 0 Å². The predicted molar refractivity (Wildman–Crippen MR) is 108 cm³/mol. The van der Waals surface area contributed by atoms with E-state index < -0.39 is 0 Å². The van der Waals surface area contributed by atoms with Crippen LogP contribution >= 0.6 is 0 Å². The highest BCUT2D eigenvalue weighted by molar-refractivity contribution is 5.89. The Morgan fingerprint density at radius 3 is 2.89 bits per heavy atom. The van der Waals surface area contributed by atoms with Gasteiger partial charge in [0.25, 0.3) is 0 Å². The van der Waals surface area contributed by atoms with E-state index in [1.165, 1.54) is 11.1 Å². The number of carbonyl (C=O) groups is 1. The summed E-state index contributed by atoms with van der Waals surface area (Å²) in [6, 6.07) is 19.6. The Morgan fingerprint density at radius 2 is 2.00 bits per heavy atom. The fourth-order valence-electron chi connectivity index (χ4n) is 3.63. The van der Waals surface area contributed by atoms with Crippen LogP contribution in [-0.2, 0) is 24.4 Å². The second-order valence-electron chi connectivity index (χ2n) is 7.01. The maximum absolute atomic E-state index is 12.5. The van der Waals surface area contributed by atoms with E-state index in [1.807, 2.05) is 42.5 Å². The number of amides is 2. The molecule has 0 radical (unpaired) electrons. The molecule has 5 heteroatoms. The summed E-state index contributed by atoms with van der Waals surface area (Å²) < 4.78 is 10.9. The van der Waals surface area contributed by atoms with Gasteiger partial charge in [-0.25, -0.2) is 4.79 Å². The molecule has 5 nitrogen and oxygen atoms in total. The number of nitrogens with one attached hydrogen (secondary N) is 2. The van der Waals surface area contributed by atoms with Gasteiger partial charge in [-0.3, -0.25) is 0 Å². The minimum Gasteiger partial charge on any atom is -0.467 e. The van der Waals surface area contributed by atoms with Crippen LogP contribution in [0.25, 0.3) is 0 Å². The lowest BCUT2D eigenvalue weighted by molar-refractivity contribution is 0.0930. The second-order valence-corrected chi connectivity index (χ2v) is 7.01. The van der Waals surface area contributed by atoms with Gasteiger partial charge >= 0.3 is 6.03 Å². The van der Waals surface area contributed by atoms with E-state index >= 15 is 0 Å². The van der Waals surface area contributed by atoms with Gasteiger partial charge in [0.05, 0.1) is 18.9 Å². The molecule has 0 spiro atoms. The number of benzene rings is 2. The van der Waals surface area contributed by atoms with E-state index in [2.05, 4.69) is 28.8 Å². The average molecular weight is 376 g/mol. The van der Waals surface area contributed by atoms with Crippen LogP contribution in [0.3, 0.4) is 0 Å². The number of aryl methyl sites for hydroxylation is 1. The van der Waals surface area contributed by atoms with Gasteiger partial charge in [0.1, 0.15) is 12.4 Å². The predicted octanol–water partition coefficient (Wildman–Crippen LogP) is 5.20. The Balaban J connectivity index is 1.32. The number of rotatable bonds is 6. The molecule has 1 unspecified atom stereocenters. The van der Waals surface area contributed by atoms with Gasteiger partial charge in [-0.15, -0.1) is 0 Å². The lowest BCUT2D eigenvalue weighted by Crippen LogP contribution is -2.34.